The first-order chi connectivity index (χ1) is 20.4. The fraction of sp³-hybridized carbons (Fsp3) is 0.333. The molecule has 0 aliphatic heterocycles. The molecule has 0 bridgehead atoms. The number of carbonyl (C=O) groups excluding carboxylic acids is 2. The van der Waals surface area contributed by atoms with E-state index in [0.717, 1.165) is 10.4 Å². The molecule has 1 atom stereocenters. The molecule has 0 aromatic heterocycles. The second-order valence-electron chi connectivity index (χ2n) is 9.78. The van der Waals surface area contributed by atoms with Gasteiger partial charge in [-0.05, 0) is 67.8 Å². The van der Waals surface area contributed by atoms with Crippen molar-refractivity contribution in [3.8, 4) is 5.75 Å². The summed E-state index contributed by atoms with van der Waals surface area (Å²) in [6.45, 7) is 4.92. The quantitative estimate of drug-likeness (QED) is 0.193. The topological polar surface area (TPSA) is 139 Å². The zero-order valence-corrected chi connectivity index (χ0v) is 26.0. The van der Waals surface area contributed by atoms with Crippen molar-refractivity contribution in [2.45, 2.75) is 51.1 Å². The lowest BCUT2D eigenvalue weighted by Crippen LogP contribution is -2.52. The Hall–Kier alpha value is -4.16. The smallest absolute Gasteiger partial charge is 0.273 e. The molecule has 0 aliphatic carbocycles. The summed E-state index contributed by atoms with van der Waals surface area (Å²) in [5.74, 6) is -0.546. The van der Waals surface area contributed by atoms with Gasteiger partial charge in [-0.25, -0.2) is 8.42 Å². The summed E-state index contributed by atoms with van der Waals surface area (Å²) in [6.07, 6.45) is 0.966. The highest BCUT2D eigenvalue weighted by Crippen LogP contribution is 2.29. The fourth-order valence-corrected chi connectivity index (χ4v) is 5.98. The maximum atomic E-state index is 14.1. The molecule has 0 spiro atoms. The van der Waals surface area contributed by atoms with Crippen molar-refractivity contribution in [1.29, 1.82) is 0 Å². The van der Waals surface area contributed by atoms with Crippen LogP contribution in [0.1, 0.15) is 37.8 Å². The van der Waals surface area contributed by atoms with Crippen LogP contribution < -0.4 is 14.4 Å². The molecule has 13 heteroatoms. The number of hydrogen-bond donors (Lipinski definition) is 1. The van der Waals surface area contributed by atoms with Gasteiger partial charge >= 0.3 is 0 Å². The maximum Gasteiger partial charge on any atom is 0.273 e. The second kappa shape index (κ2) is 14.8. The molecule has 230 valence electrons. The van der Waals surface area contributed by atoms with Crippen molar-refractivity contribution in [1.82, 2.24) is 10.2 Å². The van der Waals surface area contributed by atoms with Crippen LogP contribution >= 0.6 is 11.6 Å². The molecule has 3 aromatic rings. The summed E-state index contributed by atoms with van der Waals surface area (Å²) in [6, 6.07) is 15.5. The van der Waals surface area contributed by atoms with E-state index in [1.54, 1.807) is 43.3 Å². The van der Waals surface area contributed by atoms with Crippen molar-refractivity contribution < 1.29 is 27.7 Å². The van der Waals surface area contributed by atoms with Crippen LogP contribution in [-0.2, 0) is 26.2 Å². The number of sulfonamides is 1. The third-order valence-corrected chi connectivity index (χ3v) is 8.83. The summed E-state index contributed by atoms with van der Waals surface area (Å²) >= 11 is 6.05. The Kier molecular flexibility index (Phi) is 11.5. The van der Waals surface area contributed by atoms with Gasteiger partial charge in [0.15, 0.2) is 0 Å². The van der Waals surface area contributed by atoms with E-state index < -0.39 is 33.4 Å². The first-order valence-corrected chi connectivity index (χ1v) is 15.5. The van der Waals surface area contributed by atoms with E-state index in [0.29, 0.717) is 29.3 Å². The van der Waals surface area contributed by atoms with E-state index in [4.69, 9.17) is 16.3 Å². The Morgan fingerprint density at radius 1 is 1.05 bits per heavy atom. The van der Waals surface area contributed by atoms with Gasteiger partial charge in [0.2, 0.25) is 11.8 Å². The van der Waals surface area contributed by atoms with Crippen LogP contribution in [0.4, 0.5) is 11.4 Å². The van der Waals surface area contributed by atoms with Gasteiger partial charge in [-0.2, -0.15) is 0 Å². The lowest BCUT2D eigenvalue weighted by Gasteiger charge is -2.33. The van der Waals surface area contributed by atoms with Gasteiger partial charge in [-0.1, -0.05) is 43.6 Å². The van der Waals surface area contributed by atoms with Crippen LogP contribution in [0.5, 0.6) is 5.75 Å². The zero-order valence-electron chi connectivity index (χ0n) is 24.4. The van der Waals surface area contributed by atoms with Crippen LogP contribution in [0, 0.1) is 17.0 Å². The van der Waals surface area contributed by atoms with Gasteiger partial charge < -0.3 is 15.0 Å². The lowest BCUT2D eigenvalue weighted by molar-refractivity contribution is -0.385. The summed E-state index contributed by atoms with van der Waals surface area (Å²) in [5, 5.41) is 14.9. The van der Waals surface area contributed by atoms with Crippen LogP contribution in [-0.4, -0.2) is 56.3 Å². The van der Waals surface area contributed by atoms with E-state index in [1.807, 2.05) is 6.92 Å². The molecule has 0 heterocycles. The largest absolute Gasteiger partial charge is 0.497 e. The predicted octanol–water partition coefficient (Wildman–Crippen LogP) is 5.09. The molecule has 0 unspecified atom stereocenters. The number of nitrogens with one attached hydrogen (secondary N) is 1. The minimum atomic E-state index is -4.50. The van der Waals surface area contributed by atoms with E-state index in [-0.39, 0.29) is 40.7 Å². The monoisotopic (exact) mass is 630 g/mol. The van der Waals surface area contributed by atoms with E-state index in [1.165, 1.54) is 43.2 Å². The first-order valence-electron chi connectivity index (χ1n) is 13.7. The Bertz CT molecular complexity index is 1550. The number of hydrogen-bond acceptors (Lipinski definition) is 7. The molecular formula is C30H35ClN4O7S. The third-order valence-electron chi connectivity index (χ3n) is 6.81. The highest BCUT2D eigenvalue weighted by Gasteiger charge is 2.34. The number of nitro groups is 1. The first kappa shape index (κ1) is 33.3. The average molecular weight is 631 g/mol. The highest BCUT2D eigenvalue weighted by molar-refractivity contribution is 7.92. The average Bonchev–Trinajstić information content (AvgIpc) is 2.99. The Balaban J connectivity index is 2.11. The van der Waals surface area contributed by atoms with Gasteiger partial charge in [0, 0.05) is 29.7 Å². The number of aryl methyl sites for hydroxylation is 1. The number of amides is 2. The number of anilines is 1. The van der Waals surface area contributed by atoms with Crippen LogP contribution in [0.3, 0.4) is 0 Å². The van der Waals surface area contributed by atoms with Gasteiger partial charge in [0.05, 0.1) is 22.6 Å². The summed E-state index contributed by atoms with van der Waals surface area (Å²) in [7, 11) is -3.04. The molecule has 0 radical (unpaired) electrons. The normalized spacial score (nSPS) is 11.8. The second-order valence-corrected chi connectivity index (χ2v) is 12.1. The van der Waals surface area contributed by atoms with Crippen LogP contribution in [0.25, 0.3) is 0 Å². The van der Waals surface area contributed by atoms with Crippen molar-refractivity contribution in [2.75, 3.05) is 24.5 Å². The van der Waals surface area contributed by atoms with Gasteiger partial charge in [0.1, 0.15) is 18.3 Å². The summed E-state index contributed by atoms with van der Waals surface area (Å²) in [4.78, 5) is 39.2. The van der Waals surface area contributed by atoms with Crippen molar-refractivity contribution >= 4 is 44.8 Å². The van der Waals surface area contributed by atoms with Crippen LogP contribution in [0.15, 0.2) is 71.6 Å². The standard InChI is InChI=1S/C30H35ClN4O7S/c1-5-17-32-30(37)27(6-2)33(19-22-8-10-23(31)11-9-22)29(36)20-34(24-12-14-25(42-4)15-13-24)43(40,41)26-16-7-21(3)28(18-26)35(38)39/h7-16,18,27H,5-6,17,19-20H2,1-4H3,(H,32,37)/t27-/m1/s1. The third kappa shape index (κ3) is 8.23. The number of rotatable bonds is 14. The predicted molar refractivity (Wildman–Crippen MR) is 165 cm³/mol. The number of ether oxygens (including phenoxy) is 1. The minimum absolute atomic E-state index is 0.0144. The number of nitrogens with zero attached hydrogens (tertiary/aromatic N) is 3. The molecule has 1 N–H and O–H groups in total. The molecule has 0 fully saturated rings. The molecule has 2 amide bonds. The number of benzene rings is 3. The zero-order chi connectivity index (χ0) is 31.7. The van der Waals surface area contributed by atoms with Crippen molar-refractivity contribution in [2.24, 2.45) is 0 Å². The van der Waals surface area contributed by atoms with Crippen molar-refractivity contribution in [3.63, 3.8) is 0 Å². The SMILES string of the molecule is CCCNC(=O)[C@@H](CC)N(Cc1ccc(Cl)cc1)C(=O)CN(c1ccc(OC)cc1)S(=O)(=O)c1ccc(C)c([N+](=O)[O-])c1. The fourth-order valence-electron chi connectivity index (χ4n) is 4.42. The Morgan fingerprint density at radius 3 is 2.26 bits per heavy atom. The number of carbonyl (C=O) groups is 2. The Morgan fingerprint density at radius 2 is 1.70 bits per heavy atom. The van der Waals surface area contributed by atoms with Crippen LogP contribution in [0.2, 0.25) is 5.02 Å². The van der Waals surface area contributed by atoms with Gasteiger partial charge in [-0.15, -0.1) is 0 Å². The van der Waals surface area contributed by atoms with Gasteiger partial charge in [0.25, 0.3) is 15.7 Å². The van der Waals surface area contributed by atoms with Gasteiger partial charge in [-0.3, -0.25) is 24.0 Å². The molecule has 0 aliphatic rings. The lowest BCUT2D eigenvalue weighted by atomic mass is 10.1. The maximum absolute atomic E-state index is 14.1. The number of nitro benzene ring substituents is 1. The number of methoxy groups -OCH3 is 1. The minimum Gasteiger partial charge on any atom is -0.497 e. The molecule has 11 nitrogen and oxygen atoms in total. The molecule has 0 saturated carbocycles. The van der Waals surface area contributed by atoms with E-state index in [2.05, 4.69) is 5.32 Å². The molecule has 3 rings (SSSR count). The van der Waals surface area contributed by atoms with E-state index in [9.17, 15) is 28.1 Å². The highest BCUT2D eigenvalue weighted by atomic mass is 35.5. The summed E-state index contributed by atoms with van der Waals surface area (Å²) < 4.78 is 34.2. The Labute approximate surface area is 256 Å². The molecule has 43 heavy (non-hydrogen) atoms. The summed E-state index contributed by atoms with van der Waals surface area (Å²) in [5.41, 5.74) is 0.735. The van der Waals surface area contributed by atoms with E-state index >= 15 is 0 Å². The number of halogens is 1. The molecule has 0 saturated heterocycles. The van der Waals surface area contributed by atoms with Crippen molar-refractivity contribution in [3.05, 3.63) is 93.0 Å². The molecular weight excluding hydrogens is 596 g/mol. The molecule has 3 aromatic carbocycles.